The van der Waals surface area contributed by atoms with Gasteiger partial charge in [-0.25, -0.2) is 9.59 Å². The molecule has 0 unspecified atom stereocenters. The van der Waals surface area contributed by atoms with Gasteiger partial charge in [-0.05, 0) is 83.6 Å². The number of ether oxygens (including phenoxy) is 2. The predicted octanol–water partition coefficient (Wildman–Crippen LogP) is 7.90. The lowest BCUT2D eigenvalue weighted by Crippen LogP contribution is -2.45. The van der Waals surface area contributed by atoms with E-state index in [9.17, 15) is 9.59 Å². The maximum atomic E-state index is 13.2. The Morgan fingerprint density at radius 2 is 1.58 bits per heavy atom. The van der Waals surface area contributed by atoms with Gasteiger partial charge in [0.15, 0.2) is 8.32 Å². The van der Waals surface area contributed by atoms with Gasteiger partial charge >= 0.3 is 12.2 Å². The molecule has 0 aromatic heterocycles. The molecule has 1 saturated heterocycles. The van der Waals surface area contributed by atoms with E-state index in [0.29, 0.717) is 19.4 Å². The van der Waals surface area contributed by atoms with E-state index < -0.39 is 25.6 Å². The number of carbonyl (C=O) groups excluding carboxylic acids is 2. The van der Waals surface area contributed by atoms with Gasteiger partial charge in [-0.15, -0.1) is 6.58 Å². The Bertz CT molecular complexity index is 970. The van der Waals surface area contributed by atoms with Crippen LogP contribution in [0.1, 0.15) is 98.4 Å². The molecule has 214 valence electrons. The summed E-state index contributed by atoms with van der Waals surface area (Å²) in [7, 11) is -2.02. The van der Waals surface area contributed by atoms with Crippen molar-refractivity contribution in [2.75, 3.05) is 6.54 Å². The van der Waals surface area contributed by atoms with Crippen molar-refractivity contribution in [1.29, 1.82) is 0 Å². The van der Waals surface area contributed by atoms with Gasteiger partial charge in [0.25, 0.3) is 0 Å². The third kappa shape index (κ3) is 9.15. The van der Waals surface area contributed by atoms with Crippen molar-refractivity contribution in [1.82, 2.24) is 10.2 Å². The number of alkyl carbamates (subject to hydrolysis) is 1. The first-order valence-corrected chi connectivity index (χ1v) is 16.5. The predicted molar refractivity (Wildman–Crippen MR) is 156 cm³/mol. The Morgan fingerprint density at radius 3 is 2.05 bits per heavy atom. The molecule has 2 rings (SSSR count). The largest absolute Gasteiger partial charge is 0.444 e. The molecule has 1 aliphatic rings. The minimum atomic E-state index is -2.02. The summed E-state index contributed by atoms with van der Waals surface area (Å²) in [5.41, 5.74) is 0.782. The highest BCUT2D eigenvalue weighted by Gasteiger charge is 2.44. The molecule has 0 spiro atoms. The molecule has 1 aliphatic heterocycles. The SMILES string of the molecule is C=CC[C@H](NC(=O)OC(C)(C)C)c1ccc([C@H]2C[C@@H](O[Si](C)(C)C(C)(C)C)CN2C(=O)OC(C)(C)C)cc1. The number of hydrogen-bond donors (Lipinski definition) is 1. The fourth-order valence-electron chi connectivity index (χ4n) is 4.16. The van der Waals surface area contributed by atoms with Crippen LogP contribution >= 0.6 is 0 Å². The van der Waals surface area contributed by atoms with Crippen LogP contribution in [0.15, 0.2) is 36.9 Å². The summed E-state index contributed by atoms with van der Waals surface area (Å²) in [4.78, 5) is 27.4. The van der Waals surface area contributed by atoms with Gasteiger partial charge in [0.1, 0.15) is 11.2 Å². The normalized spacial score (nSPS) is 19.6. The standard InChI is InChI=1S/C30H50N2O5Si/c1-13-14-24(31-26(33)35-28(2,3)4)21-15-17-22(18-16-21)25-19-23(37-38(11,12)30(8,9)10)20-32(25)27(34)36-29(5,6)7/h13,15-18,23-25H,1,14,19-20H2,2-12H3,(H,31,33)/t23-,24+,25-/m1/s1. The van der Waals surface area contributed by atoms with Crippen molar-refractivity contribution in [2.24, 2.45) is 0 Å². The lowest BCUT2D eigenvalue weighted by atomic mass is 9.98. The molecule has 3 atom stereocenters. The van der Waals surface area contributed by atoms with Gasteiger partial charge in [0.05, 0.1) is 18.2 Å². The van der Waals surface area contributed by atoms with E-state index in [1.165, 1.54) is 0 Å². The molecular weight excluding hydrogens is 496 g/mol. The van der Waals surface area contributed by atoms with E-state index in [0.717, 1.165) is 11.1 Å². The fraction of sp³-hybridized carbons (Fsp3) is 0.667. The van der Waals surface area contributed by atoms with Crippen molar-refractivity contribution >= 4 is 20.5 Å². The van der Waals surface area contributed by atoms with Crippen LogP contribution in [0.25, 0.3) is 0 Å². The molecule has 1 fully saturated rings. The average molecular weight is 547 g/mol. The lowest BCUT2D eigenvalue weighted by Gasteiger charge is -2.38. The third-order valence-corrected chi connectivity index (χ3v) is 11.5. The summed E-state index contributed by atoms with van der Waals surface area (Å²) in [6.07, 6.45) is 2.19. The van der Waals surface area contributed by atoms with Crippen LogP contribution in [0.5, 0.6) is 0 Å². The highest BCUT2D eigenvalue weighted by Crippen LogP contribution is 2.42. The minimum absolute atomic E-state index is 0.0598. The van der Waals surface area contributed by atoms with Gasteiger partial charge < -0.3 is 19.2 Å². The van der Waals surface area contributed by atoms with Crippen LogP contribution in [-0.4, -0.2) is 49.3 Å². The Kier molecular flexibility index (Phi) is 9.92. The van der Waals surface area contributed by atoms with E-state index in [1.807, 2.05) is 65.8 Å². The summed E-state index contributed by atoms with van der Waals surface area (Å²) in [6, 6.07) is 7.62. The highest BCUT2D eigenvalue weighted by atomic mass is 28.4. The highest BCUT2D eigenvalue weighted by molar-refractivity contribution is 6.74. The number of nitrogens with zero attached hydrogens (tertiary/aromatic N) is 1. The van der Waals surface area contributed by atoms with Gasteiger partial charge in [-0.2, -0.15) is 0 Å². The first-order chi connectivity index (χ1) is 17.2. The zero-order valence-corrected chi connectivity index (χ0v) is 26.4. The van der Waals surface area contributed by atoms with Gasteiger partial charge in [-0.3, -0.25) is 4.90 Å². The lowest BCUT2D eigenvalue weighted by molar-refractivity contribution is 0.0208. The van der Waals surface area contributed by atoms with E-state index >= 15 is 0 Å². The molecule has 1 N–H and O–H groups in total. The summed E-state index contributed by atoms with van der Waals surface area (Å²) < 4.78 is 17.9. The van der Waals surface area contributed by atoms with Gasteiger partial charge in [-0.1, -0.05) is 51.1 Å². The zero-order chi connectivity index (χ0) is 29.1. The molecule has 1 aromatic rings. The quantitative estimate of drug-likeness (QED) is 0.278. The second-order valence-corrected chi connectivity index (χ2v) is 18.5. The van der Waals surface area contributed by atoms with Crippen LogP contribution < -0.4 is 5.32 Å². The molecule has 1 aromatic carbocycles. The summed E-state index contributed by atoms with van der Waals surface area (Å²) >= 11 is 0. The van der Waals surface area contributed by atoms with Crippen molar-refractivity contribution in [3.63, 3.8) is 0 Å². The van der Waals surface area contributed by atoms with E-state index in [-0.39, 0.29) is 29.3 Å². The van der Waals surface area contributed by atoms with Crippen molar-refractivity contribution in [3.8, 4) is 0 Å². The Hall–Kier alpha value is -2.32. The Morgan fingerprint density at radius 1 is 1.03 bits per heavy atom. The second-order valence-electron chi connectivity index (χ2n) is 13.8. The molecule has 1 heterocycles. The van der Waals surface area contributed by atoms with Crippen LogP contribution in [0.4, 0.5) is 9.59 Å². The fourth-order valence-corrected chi connectivity index (χ4v) is 5.52. The van der Waals surface area contributed by atoms with E-state index in [4.69, 9.17) is 13.9 Å². The van der Waals surface area contributed by atoms with E-state index in [2.05, 4.69) is 45.8 Å². The molecule has 7 nitrogen and oxygen atoms in total. The topological polar surface area (TPSA) is 77.1 Å². The first-order valence-electron chi connectivity index (χ1n) is 13.6. The average Bonchev–Trinajstić information content (AvgIpc) is 3.13. The van der Waals surface area contributed by atoms with E-state index in [1.54, 1.807) is 11.0 Å². The first kappa shape index (κ1) is 31.9. The minimum Gasteiger partial charge on any atom is -0.444 e. The smallest absolute Gasteiger partial charge is 0.410 e. The molecule has 0 aliphatic carbocycles. The molecule has 0 saturated carbocycles. The molecule has 2 amide bonds. The Balaban J connectivity index is 2.30. The number of rotatable bonds is 7. The van der Waals surface area contributed by atoms with Gasteiger partial charge in [0, 0.05) is 6.54 Å². The summed E-state index contributed by atoms with van der Waals surface area (Å²) in [5, 5.41) is 3.02. The molecule has 38 heavy (non-hydrogen) atoms. The second kappa shape index (κ2) is 11.8. The maximum absolute atomic E-state index is 13.2. The summed E-state index contributed by atoms with van der Waals surface area (Å²) in [5.74, 6) is 0. The number of benzene rings is 1. The van der Waals surface area contributed by atoms with Crippen LogP contribution in [0, 0.1) is 0 Å². The number of carbonyl (C=O) groups is 2. The van der Waals surface area contributed by atoms with Crippen molar-refractivity contribution in [3.05, 3.63) is 48.0 Å². The number of nitrogens with one attached hydrogen (secondary N) is 1. The van der Waals surface area contributed by atoms with Crippen LogP contribution in [0.3, 0.4) is 0 Å². The summed E-state index contributed by atoms with van der Waals surface area (Å²) in [6.45, 7) is 26.6. The molecular formula is C30H50N2O5Si. The number of amides is 2. The number of likely N-dealkylation sites (tertiary alicyclic amines) is 1. The monoisotopic (exact) mass is 546 g/mol. The zero-order valence-electron chi connectivity index (χ0n) is 25.4. The molecule has 0 radical (unpaired) electrons. The van der Waals surface area contributed by atoms with Crippen molar-refractivity contribution in [2.45, 2.75) is 123 Å². The molecule has 0 bridgehead atoms. The number of hydrogen-bond acceptors (Lipinski definition) is 5. The van der Waals surface area contributed by atoms with Crippen LogP contribution in [0.2, 0.25) is 18.1 Å². The maximum Gasteiger partial charge on any atom is 0.410 e. The molecule has 8 heteroatoms. The third-order valence-electron chi connectivity index (χ3n) is 6.98. The Labute approximate surface area is 231 Å². The van der Waals surface area contributed by atoms with Crippen LogP contribution in [-0.2, 0) is 13.9 Å². The van der Waals surface area contributed by atoms with Gasteiger partial charge in [0.2, 0.25) is 0 Å². The van der Waals surface area contributed by atoms with Crippen molar-refractivity contribution < 1.29 is 23.5 Å².